The maximum absolute atomic E-state index is 14.0. The molecule has 2 heterocycles. The molecule has 132 valence electrons. The van der Waals surface area contributed by atoms with Crippen molar-refractivity contribution in [3.8, 4) is 17.2 Å². The van der Waals surface area contributed by atoms with Crippen LogP contribution < -0.4 is 14.8 Å². The molecule has 1 aliphatic rings. The monoisotopic (exact) mass is 353 g/mol. The molecule has 4 rings (SSSR count). The fraction of sp³-hybridized carbons (Fsp3) is 0.158. The first-order chi connectivity index (χ1) is 12.6. The standard InChI is InChI=1S/C19H16FN3O3/c1-12-14(11-21-23(12)16-5-3-2-4-15(16)20)19(24)22-13-6-7-17-18(10-13)26-9-8-25-17/h2-7,10-11H,8-9H2,1H3,(H,22,24). The Morgan fingerprint density at radius 2 is 1.92 bits per heavy atom. The summed E-state index contributed by atoms with van der Waals surface area (Å²) >= 11 is 0. The molecular weight excluding hydrogens is 337 g/mol. The molecule has 26 heavy (non-hydrogen) atoms. The normalized spacial score (nSPS) is 12.7. The van der Waals surface area contributed by atoms with Gasteiger partial charge in [0.25, 0.3) is 5.91 Å². The zero-order valence-corrected chi connectivity index (χ0v) is 14.0. The Hall–Kier alpha value is -3.35. The number of nitrogens with zero attached hydrogens (tertiary/aromatic N) is 2. The average Bonchev–Trinajstić information content (AvgIpc) is 3.03. The van der Waals surface area contributed by atoms with Crippen LogP contribution in [0.2, 0.25) is 0 Å². The fourth-order valence-electron chi connectivity index (χ4n) is 2.82. The summed E-state index contributed by atoms with van der Waals surface area (Å²) in [5, 5.41) is 6.96. The largest absolute Gasteiger partial charge is 0.486 e. The predicted octanol–water partition coefficient (Wildman–Crippen LogP) is 3.34. The Morgan fingerprint density at radius 1 is 1.15 bits per heavy atom. The number of nitrogens with one attached hydrogen (secondary N) is 1. The van der Waals surface area contributed by atoms with E-state index in [9.17, 15) is 9.18 Å². The maximum Gasteiger partial charge on any atom is 0.259 e. The van der Waals surface area contributed by atoms with Gasteiger partial charge in [-0.2, -0.15) is 5.10 Å². The summed E-state index contributed by atoms with van der Waals surface area (Å²) in [7, 11) is 0. The number of anilines is 1. The van der Waals surface area contributed by atoms with Crippen LogP contribution in [0.15, 0.2) is 48.7 Å². The van der Waals surface area contributed by atoms with Gasteiger partial charge in [-0.05, 0) is 31.2 Å². The highest BCUT2D eigenvalue weighted by Crippen LogP contribution is 2.32. The molecule has 1 amide bonds. The van der Waals surface area contributed by atoms with Crippen LogP contribution in [0.25, 0.3) is 5.69 Å². The van der Waals surface area contributed by atoms with Crippen molar-refractivity contribution in [2.45, 2.75) is 6.92 Å². The highest BCUT2D eigenvalue weighted by atomic mass is 19.1. The minimum absolute atomic E-state index is 0.295. The minimum Gasteiger partial charge on any atom is -0.486 e. The maximum atomic E-state index is 14.0. The van der Waals surface area contributed by atoms with E-state index in [-0.39, 0.29) is 5.91 Å². The number of carbonyl (C=O) groups excluding carboxylic acids is 1. The lowest BCUT2D eigenvalue weighted by Gasteiger charge is -2.19. The molecule has 0 fully saturated rings. The Bertz CT molecular complexity index is 984. The molecule has 0 spiro atoms. The van der Waals surface area contributed by atoms with E-state index in [0.29, 0.717) is 47.3 Å². The molecule has 2 aromatic carbocycles. The highest BCUT2D eigenvalue weighted by Gasteiger charge is 2.18. The number of ether oxygens (including phenoxy) is 2. The van der Waals surface area contributed by atoms with Gasteiger partial charge in [-0.15, -0.1) is 0 Å². The molecule has 0 atom stereocenters. The summed E-state index contributed by atoms with van der Waals surface area (Å²) in [4.78, 5) is 12.6. The molecule has 0 bridgehead atoms. The number of para-hydroxylation sites is 1. The van der Waals surface area contributed by atoms with Crippen LogP contribution in [0, 0.1) is 12.7 Å². The van der Waals surface area contributed by atoms with E-state index in [1.807, 2.05) is 0 Å². The Labute approximate surface area is 149 Å². The summed E-state index contributed by atoms with van der Waals surface area (Å²) < 4.78 is 26.4. The van der Waals surface area contributed by atoms with Gasteiger partial charge in [0.15, 0.2) is 11.5 Å². The Kier molecular flexibility index (Phi) is 4.04. The fourth-order valence-corrected chi connectivity index (χ4v) is 2.82. The molecular formula is C19H16FN3O3. The van der Waals surface area contributed by atoms with Gasteiger partial charge < -0.3 is 14.8 Å². The second kappa shape index (κ2) is 6.51. The average molecular weight is 353 g/mol. The van der Waals surface area contributed by atoms with Crippen molar-refractivity contribution in [3.05, 3.63) is 65.7 Å². The van der Waals surface area contributed by atoms with Gasteiger partial charge in [-0.25, -0.2) is 9.07 Å². The third kappa shape index (κ3) is 2.88. The van der Waals surface area contributed by atoms with E-state index in [0.717, 1.165) is 0 Å². The number of amides is 1. The second-order valence-corrected chi connectivity index (χ2v) is 5.82. The molecule has 0 saturated heterocycles. The number of fused-ring (bicyclic) bond motifs is 1. The van der Waals surface area contributed by atoms with Crippen LogP contribution in [0.5, 0.6) is 11.5 Å². The lowest BCUT2D eigenvalue weighted by atomic mass is 10.2. The molecule has 0 unspecified atom stereocenters. The molecule has 0 radical (unpaired) electrons. The molecule has 1 aromatic heterocycles. The quantitative estimate of drug-likeness (QED) is 0.784. The van der Waals surface area contributed by atoms with E-state index >= 15 is 0 Å². The SMILES string of the molecule is Cc1c(C(=O)Nc2ccc3c(c2)OCCO3)cnn1-c1ccccc1F. The molecule has 1 N–H and O–H groups in total. The Balaban J connectivity index is 1.59. The zero-order chi connectivity index (χ0) is 18.1. The van der Waals surface area contributed by atoms with Crippen molar-refractivity contribution in [1.82, 2.24) is 9.78 Å². The van der Waals surface area contributed by atoms with Crippen molar-refractivity contribution in [3.63, 3.8) is 0 Å². The van der Waals surface area contributed by atoms with Crippen molar-refractivity contribution >= 4 is 11.6 Å². The third-order valence-electron chi connectivity index (χ3n) is 4.14. The number of aromatic nitrogens is 2. The summed E-state index contributed by atoms with van der Waals surface area (Å²) in [6, 6.07) is 11.5. The van der Waals surface area contributed by atoms with E-state index in [1.54, 1.807) is 43.3 Å². The van der Waals surface area contributed by atoms with Crippen molar-refractivity contribution < 1.29 is 18.7 Å². The highest BCUT2D eigenvalue weighted by molar-refractivity contribution is 6.05. The smallest absolute Gasteiger partial charge is 0.259 e. The minimum atomic E-state index is -0.405. The van der Waals surface area contributed by atoms with Gasteiger partial charge in [-0.1, -0.05) is 12.1 Å². The van der Waals surface area contributed by atoms with Crippen LogP contribution in [-0.2, 0) is 0 Å². The first-order valence-corrected chi connectivity index (χ1v) is 8.14. The zero-order valence-electron chi connectivity index (χ0n) is 14.0. The van der Waals surface area contributed by atoms with Gasteiger partial charge in [0.2, 0.25) is 0 Å². The number of benzene rings is 2. The number of carbonyl (C=O) groups is 1. The van der Waals surface area contributed by atoms with Crippen LogP contribution in [0.3, 0.4) is 0 Å². The van der Waals surface area contributed by atoms with Crippen LogP contribution >= 0.6 is 0 Å². The van der Waals surface area contributed by atoms with Crippen molar-refractivity contribution in [1.29, 1.82) is 0 Å². The first kappa shape index (κ1) is 16.1. The number of halogens is 1. The van der Waals surface area contributed by atoms with Crippen LogP contribution in [0.1, 0.15) is 16.1 Å². The van der Waals surface area contributed by atoms with Gasteiger partial charge in [0.05, 0.1) is 17.5 Å². The molecule has 0 saturated carbocycles. The second-order valence-electron chi connectivity index (χ2n) is 5.82. The van der Waals surface area contributed by atoms with Gasteiger partial charge in [0.1, 0.15) is 24.7 Å². The van der Waals surface area contributed by atoms with Crippen LogP contribution in [0.4, 0.5) is 10.1 Å². The summed E-state index contributed by atoms with van der Waals surface area (Å²) in [5.74, 6) is 0.505. The first-order valence-electron chi connectivity index (χ1n) is 8.14. The predicted molar refractivity (Wildman–Crippen MR) is 93.6 cm³/mol. The van der Waals surface area contributed by atoms with Gasteiger partial charge >= 0.3 is 0 Å². The van der Waals surface area contributed by atoms with E-state index < -0.39 is 5.82 Å². The summed E-state index contributed by atoms with van der Waals surface area (Å²) in [6.45, 7) is 2.70. The number of hydrogen-bond donors (Lipinski definition) is 1. The van der Waals surface area contributed by atoms with E-state index in [2.05, 4.69) is 10.4 Å². The van der Waals surface area contributed by atoms with Crippen LogP contribution in [-0.4, -0.2) is 28.9 Å². The third-order valence-corrected chi connectivity index (χ3v) is 4.14. The van der Waals surface area contributed by atoms with Gasteiger partial charge in [0, 0.05) is 11.8 Å². The molecule has 0 aliphatic carbocycles. The van der Waals surface area contributed by atoms with Crippen molar-refractivity contribution in [2.75, 3.05) is 18.5 Å². The number of rotatable bonds is 3. The molecule has 6 nitrogen and oxygen atoms in total. The Morgan fingerprint density at radius 3 is 2.73 bits per heavy atom. The summed E-state index contributed by atoms with van der Waals surface area (Å²) in [6.07, 6.45) is 1.43. The van der Waals surface area contributed by atoms with E-state index in [1.165, 1.54) is 16.9 Å². The van der Waals surface area contributed by atoms with Gasteiger partial charge in [-0.3, -0.25) is 4.79 Å². The van der Waals surface area contributed by atoms with Crippen molar-refractivity contribution in [2.24, 2.45) is 0 Å². The topological polar surface area (TPSA) is 65.4 Å². The molecule has 7 heteroatoms. The molecule has 3 aromatic rings. The lowest BCUT2D eigenvalue weighted by molar-refractivity contribution is 0.102. The molecule has 1 aliphatic heterocycles. The number of hydrogen-bond acceptors (Lipinski definition) is 4. The summed E-state index contributed by atoms with van der Waals surface area (Å²) in [5.41, 5.74) is 1.79. The van der Waals surface area contributed by atoms with E-state index in [4.69, 9.17) is 9.47 Å². The lowest BCUT2D eigenvalue weighted by Crippen LogP contribution is -2.16.